The van der Waals surface area contributed by atoms with Crippen LogP contribution in [0.2, 0.25) is 0 Å². The minimum Gasteiger partial charge on any atom is -0.330 e. The molecule has 1 atom stereocenters. The van der Waals surface area contributed by atoms with Crippen LogP contribution in [-0.4, -0.2) is 23.5 Å². The summed E-state index contributed by atoms with van der Waals surface area (Å²) in [6, 6.07) is 15.0. The van der Waals surface area contributed by atoms with Gasteiger partial charge in [0.1, 0.15) is 0 Å². The van der Waals surface area contributed by atoms with E-state index in [2.05, 4.69) is 47.3 Å². The average Bonchev–Trinajstić information content (AvgIpc) is 2.46. The van der Waals surface area contributed by atoms with Gasteiger partial charge in [-0.05, 0) is 37.2 Å². The second-order valence-corrected chi connectivity index (χ2v) is 4.78. The first-order chi connectivity index (χ1) is 9.31. The standard InChI is InChI=1S/C16H21N3/c1-19(13-14-6-5-11-18-12-14)16(9-10-17)15-7-3-2-4-8-15/h2-8,11-12,16H,9-10,13,17H2,1H3. The molecule has 0 saturated carbocycles. The van der Waals surface area contributed by atoms with Crippen LogP contribution >= 0.6 is 0 Å². The molecule has 0 saturated heterocycles. The Labute approximate surface area is 115 Å². The van der Waals surface area contributed by atoms with Crippen molar-refractivity contribution in [2.75, 3.05) is 13.6 Å². The summed E-state index contributed by atoms with van der Waals surface area (Å²) in [7, 11) is 2.14. The number of nitrogens with two attached hydrogens (primary N) is 1. The lowest BCUT2D eigenvalue weighted by molar-refractivity contribution is 0.226. The SMILES string of the molecule is CN(Cc1cccnc1)C(CCN)c1ccccc1. The van der Waals surface area contributed by atoms with E-state index >= 15 is 0 Å². The highest BCUT2D eigenvalue weighted by molar-refractivity contribution is 5.19. The van der Waals surface area contributed by atoms with Gasteiger partial charge >= 0.3 is 0 Å². The van der Waals surface area contributed by atoms with Crippen LogP contribution in [0.15, 0.2) is 54.9 Å². The number of nitrogens with zero attached hydrogens (tertiary/aromatic N) is 2. The highest BCUT2D eigenvalue weighted by atomic mass is 15.1. The van der Waals surface area contributed by atoms with Crippen LogP contribution < -0.4 is 5.73 Å². The van der Waals surface area contributed by atoms with Crippen LogP contribution in [0, 0.1) is 0 Å². The monoisotopic (exact) mass is 255 g/mol. The summed E-state index contributed by atoms with van der Waals surface area (Å²) in [5.41, 5.74) is 8.30. The number of aromatic nitrogens is 1. The van der Waals surface area contributed by atoms with Gasteiger partial charge in [0.2, 0.25) is 0 Å². The first kappa shape index (κ1) is 13.7. The molecule has 0 aliphatic rings. The van der Waals surface area contributed by atoms with E-state index in [1.54, 1.807) is 6.20 Å². The van der Waals surface area contributed by atoms with Gasteiger partial charge in [0, 0.05) is 25.0 Å². The van der Waals surface area contributed by atoms with Crippen LogP contribution in [0.25, 0.3) is 0 Å². The average molecular weight is 255 g/mol. The zero-order valence-corrected chi connectivity index (χ0v) is 11.4. The van der Waals surface area contributed by atoms with Crippen molar-refractivity contribution in [2.45, 2.75) is 19.0 Å². The van der Waals surface area contributed by atoms with E-state index in [-0.39, 0.29) is 0 Å². The Bertz CT molecular complexity index is 470. The van der Waals surface area contributed by atoms with E-state index in [0.717, 1.165) is 13.0 Å². The third kappa shape index (κ3) is 3.88. The second-order valence-electron chi connectivity index (χ2n) is 4.78. The lowest BCUT2D eigenvalue weighted by atomic mass is 10.0. The van der Waals surface area contributed by atoms with E-state index in [1.807, 2.05) is 18.3 Å². The van der Waals surface area contributed by atoms with Gasteiger partial charge in [-0.1, -0.05) is 36.4 Å². The van der Waals surface area contributed by atoms with Gasteiger partial charge in [-0.25, -0.2) is 0 Å². The molecule has 0 radical (unpaired) electrons. The van der Waals surface area contributed by atoms with Crippen LogP contribution in [0.5, 0.6) is 0 Å². The molecule has 0 spiro atoms. The van der Waals surface area contributed by atoms with Crippen LogP contribution in [0.3, 0.4) is 0 Å². The fraction of sp³-hybridized carbons (Fsp3) is 0.312. The molecule has 0 fully saturated rings. The maximum absolute atomic E-state index is 5.76. The van der Waals surface area contributed by atoms with Crippen molar-refractivity contribution < 1.29 is 0 Å². The topological polar surface area (TPSA) is 42.2 Å². The van der Waals surface area contributed by atoms with E-state index in [9.17, 15) is 0 Å². The lowest BCUT2D eigenvalue weighted by Crippen LogP contribution is -2.26. The van der Waals surface area contributed by atoms with Crippen LogP contribution in [-0.2, 0) is 6.54 Å². The third-order valence-corrected chi connectivity index (χ3v) is 3.31. The molecular weight excluding hydrogens is 234 g/mol. The number of hydrogen-bond acceptors (Lipinski definition) is 3. The molecule has 2 N–H and O–H groups in total. The minimum absolute atomic E-state index is 0.353. The van der Waals surface area contributed by atoms with Gasteiger partial charge in [0.05, 0.1) is 0 Å². The van der Waals surface area contributed by atoms with E-state index < -0.39 is 0 Å². The summed E-state index contributed by atoms with van der Waals surface area (Å²) in [4.78, 5) is 6.50. The number of benzene rings is 1. The maximum atomic E-state index is 5.76. The molecule has 0 aliphatic carbocycles. The molecule has 2 aromatic rings. The van der Waals surface area contributed by atoms with Crippen molar-refractivity contribution >= 4 is 0 Å². The Hall–Kier alpha value is -1.71. The summed E-state index contributed by atoms with van der Waals surface area (Å²) in [5, 5.41) is 0. The molecule has 2 rings (SSSR count). The van der Waals surface area contributed by atoms with Gasteiger partial charge in [0.25, 0.3) is 0 Å². The van der Waals surface area contributed by atoms with Crippen molar-refractivity contribution in [1.29, 1.82) is 0 Å². The number of hydrogen-bond donors (Lipinski definition) is 1. The number of pyridine rings is 1. The molecule has 3 heteroatoms. The molecule has 0 amide bonds. The molecule has 1 aromatic heterocycles. The largest absolute Gasteiger partial charge is 0.330 e. The molecule has 1 unspecified atom stereocenters. The molecule has 3 nitrogen and oxygen atoms in total. The van der Waals surface area contributed by atoms with Crippen molar-refractivity contribution in [3.63, 3.8) is 0 Å². The molecule has 100 valence electrons. The molecule has 1 aromatic carbocycles. The number of rotatable bonds is 6. The predicted molar refractivity (Wildman–Crippen MR) is 78.6 cm³/mol. The Morgan fingerprint density at radius 3 is 2.58 bits per heavy atom. The summed E-state index contributed by atoms with van der Waals surface area (Å²) in [5.74, 6) is 0. The van der Waals surface area contributed by atoms with E-state index in [4.69, 9.17) is 5.73 Å². The minimum atomic E-state index is 0.353. The summed E-state index contributed by atoms with van der Waals surface area (Å²) < 4.78 is 0. The molecule has 19 heavy (non-hydrogen) atoms. The maximum Gasteiger partial charge on any atom is 0.0360 e. The fourth-order valence-electron chi connectivity index (χ4n) is 2.36. The normalized spacial score (nSPS) is 12.6. The Balaban J connectivity index is 2.11. The fourth-order valence-corrected chi connectivity index (χ4v) is 2.36. The van der Waals surface area contributed by atoms with Crippen LogP contribution in [0.4, 0.5) is 0 Å². The summed E-state index contributed by atoms with van der Waals surface area (Å²) >= 11 is 0. The Kier molecular flexibility index (Phi) is 5.07. The predicted octanol–water partition coefficient (Wildman–Crippen LogP) is 2.60. The van der Waals surface area contributed by atoms with Gasteiger partial charge < -0.3 is 5.73 Å². The van der Waals surface area contributed by atoms with Crippen molar-refractivity contribution in [2.24, 2.45) is 5.73 Å². The molecule has 1 heterocycles. The Morgan fingerprint density at radius 2 is 1.95 bits per heavy atom. The zero-order chi connectivity index (χ0) is 13.5. The first-order valence-electron chi connectivity index (χ1n) is 6.65. The van der Waals surface area contributed by atoms with Gasteiger partial charge in [-0.2, -0.15) is 0 Å². The van der Waals surface area contributed by atoms with Gasteiger partial charge in [-0.3, -0.25) is 9.88 Å². The summed E-state index contributed by atoms with van der Waals surface area (Å²) in [6.07, 6.45) is 4.68. The van der Waals surface area contributed by atoms with Crippen LogP contribution in [0.1, 0.15) is 23.6 Å². The zero-order valence-electron chi connectivity index (χ0n) is 11.4. The van der Waals surface area contributed by atoms with E-state index in [0.29, 0.717) is 12.6 Å². The van der Waals surface area contributed by atoms with E-state index in [1.165, 1.54) is 11.1 Å². The third-order valence-electron chi connectivity index (χ3n) is 3.31. The van der Waals surface area contributed by atoms with Gasteiger partial charge in [0.15, 0.2) is 0 Å². The summed E-state index contributed by atoms with van der Waals surface area (Å²) in [6.45, 7) is 1.57. The first-order valence-corrected chi connectivity index (χ1v) is 6.65. The van der Waals surface area contributed by atoms with Crippen molar-refractivity contribution in [1.82, 2.24) is 9.88 Å². The molecular formula is C16H21N3. The molecule has 0 aliphatic heterocycles. The Morgan fingerprint density at radius 1 is 1.16 bits per heavy atom. The van der Waals surface area contributed by atoms with Crippen molar-refractivity contribution in [3.05, 3.63) is 66.0 Å². The van der Waals surface area contributed by atoms with Crippen molar-refractivity contribution in [3.8, 4) is 0 Å². The smallest absolute Gasteiger partial charge is 0.0360 e. The molecule has 0 bridgehead atoms. The highest BCUT2D eigenvalue weighted by Gasteiger charge is 2.16. The highest BCUT2D eigenvalue weighted by Crippen LogP contribution is 2.23. The second kappa shape index (κ2) is 7.02. The van der Waals surface area contributed by atoms with Gasteiger partial charge in [-0.15, -0.1) is 0 Å². The lowest BCUT2D eigenvalue weighted by Gasteiger charge is -2.28. The quantitative estimate of drug-likeness (QED) is 0.862.